The number of hydrogen-bond acceptors (Lipinski definition) is 4. The van der Waals surface area contributed by atoms with Gasteiger partial charge in [-0.25, -0.2) is 5.01 Å². The Labute approximate surface area is 142 Å². The summed E-state index contributed by atoms with van der Waals surface area (Å²) in [5.74, 6) is 0.000413. The molecule has 6 heteroatoms. The molecule has 3 rings (SSSR count). The van der Waals surface area contributed by atoms with Gasteiger partial charge in [-0.2, -0.15) is 10.2 Å². The highest BCUT2D eigenvalue weighted by molar-refractivity contribution is 6.02. The van der Waals surface area contributed by atoms with Crippen LogP contribution in [0.25, 0.3) is 0 Å². The van der Waals surface area contributed by atoms with E-state index >= 15 is 0 Å². The van der Waals surface area contributed by atoms with Crippen LogP contribution in [-0.2, 0) is 4.79 Å². The fraction of sp³-hybridized carbons (Fsp3) is 0.389. The van der Waals surface area contributed by atoms with E-state index in [4.69, 9.17) is 0 Å². The molecule has 126 valence electrons. The molecule has 2 atom stereocenters. The third-order valence-electron chi connectivity index (χ3n) is 4.44. The van der Waals surface area contributed by atoms with Crippen molar-refractivity contribution in [3.05, 3.63) is 54.4 Å². The number of nitrogens with one attached hydrogen (secondary N) is 1. The third kappa shape index (κ3) is 3.71. The molecule has 1 aliphatic heterocycles. The minimum absolute atomic E-state index is 0.000413. The number of rotatable bonds is 6. The average Bonchev–Trinajstić information content (AvgIpc) is 3.31. The van der Waals surface area contributed by atoms with E-state index in [0.717, 1.165) is 17.7 Å². The topological polar surface area (TPSA) is 62.5 Å². The third-order valence-corrected chi connectivity index (χ3v) is 4.44. The summed E-state index contributed by atoms with van der Waals surface area (Å²) in [5, 5.41) is 13.6. The van der Waals surface area contributed by atoms with E-state index in [-0.39, 0.29) is 24.5 Å². The van der Waals surface area contributed by atoms with E-state index in [0.29, 0.717) is 6.54 Å². The highest BCUT2D eigenvalue weighted by Crippen LogP contribution is 2.14. The van der Waals surface area contributed by atoms with Gasteiger partial charge < -0.3 is 5.32 Å². The van der Waals surface area contributed by atoms with Crippen LogP contribution in [0.4, 0.5) is 0 Å². The predicted octanol–water partition coefficient (Wildman–Crippen LogP) is 2.06. The Kier molecular flexibility index (Phi) is 5.05. The fourth-order valence-electron chi connectivity index (χ4n) is 2.73. The van der Waals surface area contributed by atoms with Gasteiger partial charge in [0.1, 0.15) is 0 Å². The molecule has 24 heavy (non-hydrogen) atoms. The molecule has 1 aliphatic rings. The number of hydrazone groups is 1. The molecule has 2 heterocycles. The Hall–Kier alpha value is -2.47. The molecule has 2 aromatic rings. The summed E-state index contributed by atoms with van der Waals surface area (Å²) in [6.07, 6.45) is 4.50. The summed E-state index contributed by atoms with van der Waals surface area (Å²) < 4.78 is 1.89. The molecule has 0 fully saturated rings. The molecule has 0 unspecified atom stereocenters. The first kappa shape index (κ1) is 16.4. The summed E-state index contributed by atoms with van der Waals surface area (Å²) >= 11 is 0. The maximum Gasteiger partial charge on any atom is 0.256 e. The van der Waals surface area contributed by atoms with Gasteiger partial charge in [-0.1, -0.05) is 30.3 Å². The van der Waals surface area contributed by atoms with Gasteiger partial charge in [0.15, 0.2) is 0 Å². The van der Waals surface area contributed by atoms with Crippen molar-refractivity contribution in [1.29, 1.82) is 0 Å². The Morgan fingerprint density at radius 3 is 2.75 bits per heavy atom. The lowest BCUT2D eigenvalue weighted by molar-refractivity contribution is -0.129. The van der Waals surface area contributed by atoms with Crippen LogP contribution in [0.2, 0.25) is 0 Å². The quantitative estimate of drug-likeness (QED) is 0.884. The molecule has 0 bridgehead atoms. The Morgan fingerprint density at radius 2 is 2.04 bits per heavy atom. The van der Waals surface area contributed by atoms with Gasteiger partial charge in [0.25, 0.3) is 5.91 Å². The van der Waals surface area contributed by atoms with E-state index < -0.39 is 0 Å². The van der Waals surface area contributed by atoms with Crippen LogP contribution >= 0.6 is 0 Å². The van der Waals surface area contributed by atoms with Crippen LogP contribution in [0.5, 0.6) is 0 Å². The average molecular weight is 325 g/mol. The Bertz CT molecular complexity index is 695. The zero-order valence-electron chi connectivity index (χ0n) is 14.1. The minimum Gasteiger partial charge on any atom is -0.304 e. The zero-order valence-corrected chi connectivity index (χ0v) is 14.1. The van der Waals surface area contributed by atoms with Gasteiger partial charge >= 0.3 is 0 Å². The van der Waals surface area contributed by atoms with E-state index in [1.165, 1.54) is 0 Å². The lowest BCUT2D eigenvalue weighted by atomic mass is 10.1. The standard InChI is InChI=1S/C18H23N5O/c1-14(15(2)22-11-6-10-20-22)19-13-18(24)23-12-9-17(21-23)16-7-4-3-5-8-16/h3-8,10-11,14-15,19H,9,12-13H2,1-2H3/t14-,15-/m0/s1. The van der Waals surface area contributed by atoms with Gasteiger partial charge in [-0.3, -0.25) is 9.48 Å². The van der Waals surface area contributed by atoms with Crippen molar-refractivity contribution in [1.82, 2.24) is 20.1 Å². The number of nitrogens with zero attached hydrogens (tertiary/aromatic N) is 4. The molecule has 0 radical (unpaired) electrons. The van der Waals surface area contributed by atoms with Gasteiger partial charge in [0.2, 0.25) is 0 Å². The van der Waals surface area contributed by atoms with E-state index in [9.17, 15) is 4.79 Å². The van der Waals surface area contributed by atoms with Crippen LogP contribution in [0.15, 0.2) is 53.9 Å². The fourth-order valence-corrected chi connectivity index (χ4v) is 2.73. The van der Waals surface area contributed by atoms with Crippen molar-refractivity contribution in [2.24, 2.45) is 5.10 Å². The molecule has 6 nitrogen and oxygen atoms in total. The van der Waals surface area contributed by atoms with Crippen LogP contribution in [0, 0.1) is 0 Å². The van der Waals surface area contributed by atoms with Crippen molar-refractivity contribution in [2.45, 2.75) is 32.4 Å². The number of carbonyl (C=O) groups is 1. The minimum atomic E-state index is 0.000413. The number of carbonyl (C=O) groups excluding carboxylic acids is 1. The molecule has 0 spiro atoms. The van der Waals surface area contributed by atoms with Crippen molar-refractivity contribution in [2.75, 3.05) is 13.1 Å². The van der Waals surface area contributed by atoms with Crippen molar-refractivity contribution >= 4 is 11.6 Å². The van der Waals surface area contributed by atoms with Crippen molar-refractivity contribution < 1.29 is 4.79 Å². The monoisotopic (exact) mass is 325 g/mol. The first-order valence-corrected chi connectivity index (χ1v) is 8.31. The summed E-state index contributed by atoms with van der Waals surface area (Å²) in [6.45, 7) is 5.06. The van der Waals surface area contributed by atoms with Crippen LogP contribution in [0.3, 0.4) is 0 Å². The maximum absolute atomic E-state index is 12.4. The molecule has 1 aromatic heterocycles. The second-order valence-electron chi connectivity index (χ2n) is 6.08. The number of amides is 1. The smallest absolute Gasteiger partial charge is 0.256 e. The summed E-state index contributed by atoms with van der Waals surface area (Å²) in [5.41, 5.74) is 2.06. The SMILES string of the molecule is C[C@H](NCC(=O)N1CCC(c2ccccc2)=N1)[C@H](C)n1cccn1. The molecule has 0 saturated carbocycles. The van der Waals surface area contributed by atoms with E-state index in [1.54, 1.807) is 11.2 Å². The normalized spacial score (nSPS) is 16.8. The first-order chi connectivity index (χ1) is 11.6. The second kappa shape index (κ2) is 7.40. The number of hydrogen-bond donors (Lipinski definition) is 1. The highest BCUT2D eigenvalue weighted by Gasteiger charge is 2.22. The van der Waals surface area contributed by atoms with Gasteiger partial charge in [-0.15, -0.1) is 0 Å². The lowest BCUT2D eigenvalue weighted by Crippen LogP contribution is -2.41. The van der Waals surface area contributed by atoms with Crippen molar-refractivity contribution in [3.8, 4) is 0 Å². The van der Waals surface area contributed by atoms with Crippen LogP contribution in [0.1, 0.15) is 31.9 Å². The van der Waals surface area contributed by atoms with Crippen LogP contribution in [-0.4, -0.2) is 45.5 Å². The van der Waals surface area contributed by atoms with E-state index in [1.807, 2.05) is 47.3 Å². The number of benzene rings is 1. The highest BCUT2D eigenvalue weighted by atomic mass is 16.2. The number of aromatic nitrogens is 2. The summed E-state index contributed by atoms with van der Waals surface area (Å²) in [7, 11) is 0. The zero-order chi connectivity index (χ0) is 16.9. The van der Waals surface area contributed by atoms with E-state index in [2.05, 4.69) is 29.4 Å². The molecule has 1 aromatic carbocycles. The summed E-state index contributed by atoms with van der Waals surface area (Å²) in [6, 6.07) is 12.2. The van der Waals surface area contributed by atoms with Crippen LogP contribution < -0.4 is 5.32 Å². The predicted molar refractivity (Wildman–Crippen MR) is 93.7 cm³/mol. The van der Waals surface area contributed by atoms with Gasteiger partial charge in [0.05, 0.1) is 24.8 Å². The molecule has 0 saturated heterocycles. The summed E-state index contributed by atoms with van der Waals surface area (Å²) in [4.78, 5) is 12.4. The Morgan fingerprint density at radius 1 is 1.25 bits per heavy atom. The molecular formula is C18H23N5O. The van der Waals surface area contributed by atoms with Crippen molar-refractivity contribution in [3.63, 3.8) is 0 Å². The van der Waals surface area contributed by atoms with Gasteiger partial charge in [0, 0.05) is 24.9 Å². The molecule has 1 N–H and O–H groups in total. The molecule has 0 aliphatic carbocycles. The first-order valence-electron chi connectivity index (χ1n) is 8.31. The van der Waals surface area contributed by atoms with Gasteiger partial charge in [-0.05, 0) is 25.5 Å². The largest absolute Gasteiger partial charge is 0.304 e. The maximum atomic E-state index is 12.4. The Balaban J connectivity index is 1.53. The second-order valence-corrected chi connectivity index (χ2v) is 6.08. The lowest BCUT2D eigenvalue weighted by Gasteiger charge is -2.22. The molecule has 1 amide bonds. The molecular weight excluding hydrogens is 302 g/mol.